The first kappa shape index (κ1) is 22.0. The molecule has 5 atom stereocenters. The van der Waals surface area contributed by atoms with Crippen molar-refractivity contribution < 1.29 is 29.0 Å². The lowest BCUT2D eigenvalue weighted by molar-refractivity contribution is -0.160. The van der Waals surface area contributed by atoms with Gasteiger partial charge in [-0.2, -0.15) is 0 Å². The van der Waals surface area contributed by atoms with Crippen LogP contribution in [0.2, 0.25) is 0 Å². The molecule has 31 heavy (non-hydrogen) atoms. The van der Waals surface area contributed by atoms with Crippen LogP contribution in [-0.2, 0) is 23.9 Å². The number of likely N-dealkylation sites (tertiary alicyclic amines) is 1. The average Bonchev–Trinajstić information content (AvgIpc) is 3.01. The number of cyclic esters (lactones) is 1. The van der Waals surface area contributed by atoms with E-state index in [1.807, 2.05) is 39.0 Å². The fourth-order valence-electron chi connectivity index (χ4n) is 5.59. The Bertz CT molecular complexity index is 845. The summed E-state index contributed by atoms with van der Waals surface area (Å²) in [4.78, 5) is 43.8. The minimum Gasteiger partial charge on any atom is -0.465 e. The summed E-state index contributed by atoms with van der Waals surface area (Å²) in [5, 5.41) is 9.65. The quantitative estimate of drug-likeness (QED) is 0.517. The second-order valence-electron chi connectivity index (χ2n) is 9.99. The van der Waals surface area contributed by atoms with Gasteiger partial charge in [-0.25, -0.2) is 0 Å². The van der Waals surface area contributed by atoms with Crippen molar-refractivity contribution in [3.05, 3.63) is 24.3 Å². The monoisotopic (exact) mass is 432 g/mol. The second-order valence-corrected chi connectivity index (χ2v) is 9.99. The van der Waals surface area contributed by atoms with Crippen molar-refractivity contribution in [3.8, 4) is 0 Å². The maximum atomic E-state index is 13.8. The number of fused-ring (bicyclic) bond motifs is 2. The number of hydrogen-bond donors (Lipinski definition) is 1. The van der Waals surface area contributed by atoms with E-state index in [0.717, 1.165) is 6.42 Å². The highest BCUT2D eigenvalue weighted by Crippen LogP contribution is 2.57. The molecule has 4 aliphatic rings. The minimum absolute atomic E-state index is 0.00298. The third-order valence-electron chi connectivity index (χ3n) is 6.90. The van der Waals surface area contributed by atoms with Gasteiger partial charge in [0, 0.05) is 18.6 Å². The van der Waals surface area contributed by atoms with Crippen LogP contribution in [-0.4, -0.2) is 81.8 Å². The van der Waals surface area contributed by atoms with E-state index >= 15 is 0 Å². The molecule has 1 spiro atoms. The molecule has 0 aliphatic carbocycles. The van der Waals surface area contributed by atoms with Crippen LogP contribution >= 0.6 is 0 Å². The number of esters is 1. The molecule has 2 fully saturated rings. The summed E-state index contributed by atoms with van der Waals surface area (Å²) in [6.45, 7) is 7.97. The molecule has 0 aromatic heterocycles. The molecule has 170 valence electrons. The average molecular weight is 433 g/mol. The van der Waals surface area contributed by atoms with Gasteiger partial charge in [-0.3, -0.25) is 14.4 Å². The van der Waals surface area contributed by atoms with Crippen molar-refractivity contribution in [2.75, 3.05) is 26.3 Å². The molecule has 0 radical (unpaired) electrons. The number of allylic oxidation sites excluding steroid dienone is 1. The van der Waals surface area contributed by atoms with Gasteiger partial charge in [0.15, 0.2) is 0 Å². The predicted octanol–water partition coefficient (Wildman–Crippen LogP) is 1.04. The third-order valence-corrected chi connectivity index (χ3v) is 6.90. The Labute approximate surface area is 182 Å². The lowest BCUT2D eigenvalue weighted by atomic mass is 9.74. The Hall–Kier alpha value is -2.19. The number of rotatable bonds is 2. The van der Waals surface area contributed by atoms with Gasteiger partial charge in [0.25, 0.3) is 0 Å². The van der Waals surface area contributed by atoms with Gasteiger partial charge >= 0.3 is 5.97 Å². The number of β-amino-alcohol motifs (C(OH)–C–C–N with tert-alkyl or cyclic N) is 1. The molecule has 0 aromatic carbocycles. The number of carbonyl (C=O) groups is 3. The Morgan fingerprint density at radius 3 is 2.55 bits per heavy atom. The third kappa shape index (κ3) is 3.22. The molecular weight excluding hydrogens is 400 g/mol. The number of carbonyl (C=O) groups excluding carboxylic acids is 3. The van der Waals surface area contributed by atoms with E-state index in [2.05, 4.69) is 0 Å². The van der Waals surface area contributed by atoms with Crippen LogP contribution in [0.4, 0.5) is 0 Å². The lowest BCUT2D eigenvalue weighted by Gasteiger charge is -2.41. The van der Waals surface area contributed by atoms with Crippen molar-refractivity contribution in [1.29, 1.82) is 0 Å². The van der Waals surface area contributed by atoms with Gasteiger partial charge in [0.1, 0.15) is 17.6 Å². The molecule has 0 saturated carbocycles. The highest BCUT2D eigenvalue weighted by Gasteiger charge is 2.74. The number of amides is 2. The van der Waals surface area contributed by atoms with Gasteiger partial charge in [-0.1, -0.05) is 24.3 Å². The molecule has 1 unspecified atom stereocenters. The number of nitrogens with zero attached hydrogens (tertiary/aromatic N) is 2. The summed E-state index contributed by atoms with van der Waals surface area (Å²) in [6.07, 6.45) is 8.90. The number of aliphatic hydroxyl groups excluding tert-OH is 1. The van der Waals surface area contributed by atoms with Crippen LogP contribution < -0.4 is 0 Å². The highest BCUT2D eigenvalue weighted by atomic mass is 16.6. The van der Waals surface area contributed by atoms with Crippen LogP contribution in [0.5, 0.6) is 0 Å². The van der Waals surface area contributed by atoms with Crippen molar-refractivity contribution in [1.82, 2.24) is 9.80 Å². The molecule has 2 saturated heterocycles. The maximum Gasteiger partial charge on any atom is 0.313 e. The molecule has 2 amide bonds. The van der Waals surface area contributed by atoms with E-state index in [1.165, 1.54) is 4.90 Å². The van der Waals surface area contributed by atoms with Gasteiger partial charge < -0.3 is 24.4 Å². The van der Waals surface area contributed by atoms with E-state index in [-0.39, 0.29) is 31.6 Å². The van der Waals surface area contributed by atoms with Crippen molar-refractivity contribution in [2.24, 2.45) is 11.8 Å². The summed E-state index contributed by atoms with van der Waals surface area (Å²) in [7, 11) is 0. The molecule has 4 rings (SSSR count). The number of aliphatic hydroxyl groups is 1. The fourth-order valence-corrected chi connectivity index (χ4v) is 5.59. The molecular formula is C23H32N2O6. The van der Waals surface area contributed by atoms with Crippen molar-refractivity contribution in [2.45, 2.75) is 63.3 Å². The lowest BCUT2D eigenvalue weighted by Crippen LogP contribution is -2.59. The van der Waals surface area contributed by atoms with Crippen LogP contribution in [0, 0.1) is 11.8 Å². The van der Waals surface area contributed by atoms with Crippen molar-refractivity contribution >= 4 is 17.8 Å². The van der Waals surface area contributed by atoms with Gasteiger partial charge in [-0.15, -0.1) is 0 Å². The highest BCUT2D eigenvalue weighted by molar-refractivity contribution is 5.99. The zero-order valence-corrected chi connectivity index (χ0v) is 18.7. The van der Waals surface area contributed by atoms with Crippen molar-refractivity contribution in [3.63, 3.8) is 0 Å². The Morgan fingerprint density at radius 1 is 1.13 bits per heavy atom. The summed E-state index contributed by atoms with van der Waals surface area (Å²) < 4.78 is 12.1. The largest absolute Gasteiger partial charge is 0.465 e. The molecule has 1 N–H and O–H groups in total. The van der Waals surface area contributed by atoms with E-state index < -0.39 is 40.6 Å². The summed E-state index contributed by atoms with van der Waals surface area (Å²) in [5.74, 6) is -2.85. The molecule has 0 aromatic rings. The minimum atomic E-state index is -1.30. The molecule has 8 nitrogen and oxygen atoms in total. The van der Waals surface area contributed by atoms with Gasteiger partial charge in [0.2, 0.25) is 11.8 Å². The topological polar surface area (TPSA) is 96.4 Å². The second kappa shape index (κ2) is 7.45. The SMILES string of the molecule is CC(C)(C)N1CC=C[C@]23O[C@]4(C)/C=C\CCCOC(=O)[C@@H]4[C@H]2C(=O)N(CCO)C3C1=O. The van der Waals surface area contributed by atoms with Crippen LogP contribution in [0.3, 0.4) is 0 Å². The Morgan fingerprint density at radius 2 is 1.87 bits per heavy atom. The van der Waals surface area contributed by atoms with Gasteiger partial charge in [-0.05, 0) is 40.5 Å². The Kier molecular flexibility index (Phi) is 5.29. The predicted molar refractivity (Wildman–Crippen MR) is 112 cm³/mol. The van der Waals surface area contributed by atoms with E-state index in [4.69, 9.17) is 9.47 Å². The standard InChI is InChI=1S/C23H32N2O6/c1-21(2,3)25-11-8-10-23-15(18(27)24(12-13-26)17(23)19(25)28)16-20(29)30-14-7-5-6-9-22(16,4)31-23/h6,8-10,15-17,26H,5,7,11-14H2,1-4H3/b9-6-/t15-,16-,17?,22+,23-/m0/s1. The first-order chi connectivity index (χ1) is 14.6. The van der Waals surface area contributed by atoms with Crippen LogP contribution in [0.25, 0.3) is 0 Å². The maximum absolute atomic E-state index is 13.8. The van der Waals surface area contributed by atoms with E-state index in [0.29, 0.717) is 13.0 Å². The van der Waals surface area contributed by atoms with Gasteiger partial charge in [0.05, 0.1) is 24.7 Å². The summed E-state index contributed by atoms with van der Waals surface area (Å²) in [6, 6.07) is -0.955. The summed E-state index contributed by atoms with van der Waals surface area (Å²) in [5.41, 5.74) is -2.85. The molecule has 0 bridgehead atoms. The van der Waals surface area contributed by atoms with E-state index in [9.17, 15) is 19.5 Å². The number of hydrogen-bond acceptors (Lipinski definition) is 6. The molecule has 4 heterocycles. The van der Waals surface area contributed by atoms with E-state index in [1.54, 1.807) is 17.9 Å². The Balaban J connectivity index is 1.88. The molecule has 8 heteroatoms. The zero-order chi connectivity index (χ0) is 22.6. The fraction of sp³-hybridized carbons (Fsp3) is 0.696. The normalized spacial score (nSPS) is 39.1. The van der Waals surface area contributed by atoms with Crippen LogP contribution in [0.1, 0.15) is 40.5 Å². The first-order valence-corrected chi connectivity index (χ1v) is 11.0. The number of ether oxygens (including phenoxy) is 2. The summed E-state index contributed by atoms with van der Waals surface area (Å²) >= 11 is 0. The zero-order valence-electron chi connectivity index (χ0n) is 18.7. The molecule has 4 aliphatic heterocycles. The first-order valence-electron chi connectivity index (χ1n) is 11.0. The van der Waals surface area contributed by atoms with Crippen LogP contribution in [0.15, 0.2) is 24.3 Å². The smallest absolute Gasteiger partial charge is 0.313 e.